The topological polar surface area (TPSA) is 80.9 Å². The Morgan fingerprint density at radius 3 is 2.69 bits per heavy atom. The van der Waals surface area contributed by atoms with E-state index in [-0.39, 0.29) is 23.6 Å². The Morgan fingerprint density at radius 1 is 1.17 bits per heavy atom. The normalized spacial score (nSPS) is 15.3. The number of nitrogens with zero attached hydrogens (tertiary/aromatic N) is 3. The number of pyridine rings is 1. The van der Waals surface area contributed by atoms with Gasteiger partial charge in [0, 0.05) is 42.8 Å². The second kappa shape index (κ2) is 8.51. The molecule has 150 valence electrons. The molecule has 1 amide bonds. The number of amides is 1. The Labute approximate surface area is 168 Å². The van der Waals surface area contributed by atoms with E-state index in [2.05, 4.69) is 20.4 Å². The van der Waals surface area contributed by atoms with Gasteiger partial charge >= 0.3 is 0 Å². The van der Waals surface area contributed by atoms with E-state index in [9.17, 15) is 9.18 Å². The number of aromatic nitrogens is 3. The minimum Gasteiger partial charge on any atom is -0.355 e. The molecule has 0 aliphatic heterocycles. The van der Waals surface area contributed by atoms with E-state index in [4.69, 9.17) is 4.52 Å². The summed E-state index contributed by atoms with van der Waals surface area (Å²) in [6, 6.07) is 10.3. The van der Waals surface area contributed by atoms with Gasteiger partial charge in [-0.1, -0.05) is 30.1 Å². The van der Waals surface area contributed by atoms with Gasteiger partial charge in [0.25, 0.3) is 0 Å². The van der Waals surface area contributed by atoms with Crippen LogP contribution in [0.4, 0.5) is 4.39 Å². The van der Waals surface area contributed by atoms with Crippen LogP contribution in [0.3, 0.4) is 0 Å². The van der Waals surface area contributed by atoms with Crippen LogP contribution in [0.15, 0.2) is 53.3 Å². The Kier molecular flexibility index (Phi) is 5.64. The van der Waals surface area contributed by atoms with Gasteiger partial charge in [-0.25, -0.2) is 4.39 Å². The van der Waals surface area contributed by atoms with Gasteiger partial charge in [0.1, 0.15) is 5.82 Å². The number of halogens is 1. The van der Waals surface area contributed by atoms with Crippen LogP contribution in [-0.4, -0.2) is 27.6 Å². The molecule has 3 aromatic rings. The average molecular weight is 394 g/mol. The number of hydrogen-bond donors (Lipinski definition) is 1. The summed E-state index contributed by atoms with van der Waals surface area (Å²) in [4.78, 5) is 20.8. The van der Waals surface area contributed by atoms with E-state index in [1.54, 1.807) is 18.5 Å². The molecule has 7 heteroatoms. The molecule has 1 aromatic carbocycles. The predicted molar refractivity (Wildman–Crippen MR) is 105 cm³/mol. The zero-order valence-electron chi connectivity index (χ0n) is 16.1. The number of benzene rings is 1. The molecular formula is C22H23FN4O2. The van der Waals surface area contributed by atoms with Gasteiger partial charge < -0.3 is 9.84 Å². The quantitative estimate of drug-likeness (QED) is 0.659. The number of aryl methyl sites for hydroxylation is 1. The molecule has 0 bridgehead atoms. The van der Waals surface area contributed by atoms with Crippen LogP contribution in [0, 0.1) is 5.82 Å². The van der Waals surface area contributed by atoms with Crippen molar-refractivity contribution in [2.24, 2.45) is 0 Å². The van der Waals surface area contributed by atoms with Crippen molar-refractivity contribution in [1.82, 2.24) is 20.4 Å². The minimum absolute atomic E-state index is 0.0560. The van der Waals surface area contributed by atoms with Crippen LogP contribution in [0.25, 0.3) is 11.4 Å². The molecule has 0 atom stereocenters. The molecule has 6 nitrogen and oxygen atoms in total. The van der Waals surface area contributed by atoms with Crippen molar-refractivity contribution in [3.05, 3.63) is 66.1 Å². The van der Waals surface area contributed by atoms with Crippen molar-refractivity contribution in [3.8, 4) is 11.4 Å². The first-order valence-corrected chi connectivity index (χ1v) is 9.90. The monoisotopic (exact) mass is 394 g/mol. The lowest BCUT2D eigenvalue weighted by Crippen LogP contribution is -2.39. The molecule has 4 rings (SSSR count). The van der Waals surface area contributed by atoms with Crippen molar-refractivity contribution in [3.63, 3.8) is 0 Å². The summed E-state index contributed by atoms with van der Waals surface area (Å²) in [7, 11) is 0. The Balaban J connectivity index is 1.33. The van der Waals surface area contributed by atoms with E-state index < -0.39 is 0 Å². The maximum atomic E-state index is 13.3. The van der Waals surface area contributed by atoms with Gasteiger partial charge in [-0.15, -0.1) is 0 Å². The lowest BCUT2D eigenvalue weighted by molar-refractivity contribution is -0.121. The molecule has 1 fully saturated rings. The summed E-state index contributed by atoms with van der Waals surface area (Å²) in [6.45, 7) is 0.558. The molecule has 1 aliphatic carbocycles. The van der Waals surface area contributed by atoms with E-state index in [1.165, 1.54) is 12.1 Å². The number of carbonyl (C=O) groups excluding carboxylic acids is 1. The molecular weight excluding hydrogens is 371 g/mol. The van der Waals surface area contributed by atoms with E-state index in [0.29, 0.717) is 24.7 Å². The van der Waals surface area contributed by atoms with Crippen LogP contribution in [0.2, 0.25) is 0 Å². The highest BCUT2D eigenvalue weighted by Gasteiger charge is 2.35. The molecule has 0 radical (unpaired) electrons. The van der Waals surface area contributed by atoms with Gasteiger partial charge in [0.15, 0.2) is 0 Å². The molecule has 1 aliphatic rings. The summed E-state index contributed by atoms with van der Waals surface area (Å²) in [5, 5.41) is 7.00. The van der Waals surface area contributed by atoms with Gasteiger partial charge in [-0.2, -0.15) is 4.98 Å². The molecule has 2 aromatic heterocycles. The van der Waals surface area contributed by atoms with Crippen molar-refractivity contribution < 1.29 is 13.7 Å². The first-order chi connectivity index (χ1) is 14.1. The first-order valence-electron chi connectivity index (χ1n) is 9.90. The van der Waals surface area contributed by atoms with E-state index in [0.717, 1.165) is 36.8 Å². The van der Waals surface area contributed by atoms with Gasteiger partial charge in [0.2, 0.25) is 17.6 Å². The molecule has 1 N–H and O–H groups in total. The number of rotatable bonds is 7. The highest BCUT2D eigenvalue weighted by Crippen LogP contribution is 2.40. The zero-order chi connectivity index (χ0) is 20.1. The van der Waals surface area contributed by atoms with Crippen LogP contribution in [-0.2, 0) is 16.6 Å². The van der Waals surface area contributed by atoms with Crippen LogP contribution >= 0.6 is 0 Å². The van der Waals surface area contributed by atoms with Crippen LogP contribution in [0.5, 0.6) is 0 Å². The fourth-order valence-corrected chi connectivity index (χ4v) is 3.97. The molecule has 0 unspecified atom stereocenters. The second-order valence-electron chi connectivity index (χ2n) is 7.52. The largest absolute Gasteiger partial charge is 0.355 e. The third kappa shape index (κ3) is 4.50. The standard InChI is InChI=1S/C22H23FN4O2/c23-18-7-5-17(6-8-18)22(11-1-2-12-22)15-25-19(28)9-10-20-26-21(27-29-20)16-4-3-13-24-14-16/h3-8,13-14H,1-2,9-12,15H2,(H,25,28). The fourth-order valence-electron chi connectivity index (χ4n) is 3.97. The van der Waals surface area contributed by atoms with Crippen molar-refractivity contribution >= 4 is 5.91 Å². The second-order valence-corrected chi connectivity index (χ2v) is 7.52. The molecule has 0 spiro atoms. The smallest absolute Gasteiger partial charge is 0.227 e. The summed E-state index contributed by atoms with van der Waals surface area (Å²) in [5.74, 6) is 0.596. The van der Waals surface area contributed by atoms with Gasteiger partial charge in [-0.3, -0.25) is 9.78 Å². The minimum atomic E-state index is -0.240. The molecule has 1 saturated carbocycles. The fraction of sp³-hybridized carbons (Fsp3) is 0.364. The highest BCUT2D eigenvalue weighted by atomic mass is 19.1. The molecule has 2 heterocycles. The maximum absolute atomic E-state index is 13.3. The zero-order valence-corrected chi connectivity index (χ0v) is 16.1. The average Bonchev–Trinajstić information content (AvgIpc) is 3.42. The number of carbonyl (C=O) groups is 1. The van der Waals surface area contributed by atoms with Gasteiger partial charge in [0.05, 0.1) is 0 Å². The summed E-state index contributed by atoms with van der Waals surface area (Å²) in [5.41, 5.74) is 1.76. The van der Waals surface area contributed by atoms with Crippen molar-refractivity contribution in [2.45, 2.75) is 43.9 Å². The maximum Gasteiger partial charge on any atom is 0.227 e. The van der Waals surface area contributed by atoms with E-state index in [1.807, 2.05) is 18.2 Å². The lowest BCUT2D eigenvalue weighted by Gasteiger charge is -2.30. The van der Waals surface area contributed by atoms with Gasteiger partial charge in [-0.05, 0) is 42.7 Å². The SMILES string of the molecule is O=C(CCc1nc(-c2cccnc2)no1)NCC1(c2ccc(F)cc2)CCCC1. The Bertz CT molecular complexity index is 950. The Morgan fingerprint density at radius 2 is 1.97 bits per heavy atom. The van der Waals surface area contributed by atoms with Crippen LogP contribution in [0.1, 0.15) is 43.6 Å². The number of nitrogens with one attached hydrogen (secondary N) is 1. The summed E-state index contributed by atoms with van der Waals surface area (Å²) >= 11 is 0. The van der Waals surface area contributed by atoms with Crippen molar-refractivity contribution in [1.29, 1.82) is 0 Å². The highest BCUT2D eigenvalue weighted by molar-refractivity contribution is 5.76. The molecule has 29 heavy (non-hydrogen) atoms. The lowest BCUT2D eigenvalue weighted by atomic mass is 9.79. The predicted octanol–water partition coefficient (Wildman–Crippen LogP) is 3.83. The summed E-state index contributed by atoms with van der Waals surface area (Å²) in [6.07, 6.45) is 8.22. The number of hydrogen-bond acceptors (Lipinski definition) is 5. The van der Waals surface area contributed by atoms with E-state index >= 15 is 0 Å². The van der Waals surface area contributed by atoms with Crippen molar-refractivity contribution in [2.75, 3.05) is 6.54 Å². The third-order valence-corrected chi connectivity index (χ3v) is 5.59. The first kappa shape index (κ1) is 19.2. The third-order valence-electron chi connectivity index (χ3n) is 5.59. The molecule has 0 saturated heterocycles. The summed E-state index contributed by atoms with van der Waals surface area (Å²) < 4.78 is 18.5. The Hall–Kier alpha value is -3.09. The van der Waals surface area contributed by atoms with Crippen LogP contribution < -0.4 is 5.32 Å².